The smallest absolute Gasteiger partial charge is 0.511 e. The monoisotopic (exact) mass is 500 g/mol. The molecule has 33 heavy (non-hydrogen) atoms. The Morgan fingerprint density at radius 3 is 2.45 bits per heavy atom. The van der Waals surface area contributed by atoms with Crippen LogP contribution in [-0.2, 0) is 28.6 Å². The van der Waals surface area contributed by atoms with Crippen molar-refractivity contribution in [1.29, 1.82) is 0 Å². The van der Waals surface area contributed by atoms with Crippen LogP contribution in [0.15, 0.2) is 30.3 Å². The number of nitrogens with one attached hydrogen (secondary N) is 1. The molecule has 0 aliphatic carbocycles. The van der Waals surface area contributed by atoms with E-state index in [9.17, 15) is 19.2 Å². The van der Waals surface area contributed by atoms with Crippen LogP contribution < -0.4 is 23.5 Å². The third kappa shape index (κ3) is 5.53. The Balaban J connectivity index is 0.00000385. The summed E-state index contributed by atoms with van der Waals surface area (Å²) in [5.41, 5.74) is 6.65. The number of nitrogens with two attached hydrogens (primary N) is 1. The summed E-state index contributed by atoms with van der Waals surface area (Å²) < 4.78 is 14.0. The van der Waals surface area contributed by atoms with E-state index in [-0.39, 0.29) is 19.0 Å². The van der Waals surface area contributed by atoms with E-state index >= 15 is 0 Å². The summed E-state index contributed by atoms with van der Waals surface area (Å²) in [5, 5.41) is 2.26. The quantitative estimate of drug-likeness (QED) is 0.255. The fourth-order valence-electron chi connectivity index (χ4n) is 3.72. The second-order valence-electron chi connectivity index (χ2n) is 7.94. The molecule has 3 N–H and O–H groups in total. The predicted molar refractivity (Wildman–Crippen MR) is 115 cm³/mol. The molecule has 0 saturated carbocycles. The molecule has 182 valence electrons. The molecule has 12 heteroatoms. The Morgan fingerprint density at radius 1 is 1.21 bits per heavy atom. The second kappa shape index (κ2) is 10.6. The number of hydrogen-bond acceptors (Lipinski definition) is 9. The first-order valence-electron chi connectivity index (χ1n) is 10.2. The summed E-state index contributed by atoms with van der Waals surface area (Å²) in [6.45, 7) is 6.74. The normalized spacial score (nSPS) is 24.3. The summed E-state index contributed by atoms with van der Waals surface area (Å²) in [6, 6.07) is 6.21. The summed E-state index contributed by atoms with van der Waals surface area (Å²) in [6.07, 6.45) is -2.14. The van der Waals surface area contributed by atoms with E-state index in [0.717, 1.165) is 0 Å². The van der Waals surface area contributed by atoms with E-state index in [0.29, 0.717) is 5.56 Å². The van der Waals surface area contributed by atoms with Crippen LogP contribution in [0, 0.1) is 0 Å². The van der Waals surface area contributed by atoms with Crippen LogP contribution in [0.5, 0.6) is 0 Å². The minimum absolute atomic E-state index is 0. The van der Waals surface area contributed by atoms with Gasteiger partial charge in [-0.15, -0.1) is 11.8 Å². The number of benzene rings is 1. The molecule has 5 atom stereocenters. The Kier molecular flexibility index (Phi) is 8.61. The first kappa shape index (κ1) is 26.7. The highest BCUT2D eigenvalue weighted by atomic mass is 35.5. The fraction of sp³-hybridized carbons (Fsp3) is 0.524. The van der Waals surface area contributed by atoms with Gasteiger partial charge in [0.25, 0.3) is 0 Å². The van der Waals surface area contributed by atoms with Crippen molar-refractivity contribution in [2.24, 2.45) is 5.73 Å². The molecule has 3 rings (SSSR count). The minimum Gasteiger partial charge on any atom is -1.00 e. The molecule has 10 nitrogen and oxygen atoms in total. The maximum Gasteiger partial charge on any atom is 0.511 e. The van der Waals surface area contributed by atoms with Crippen LogP contribution in [0.1, 0.15) is 39.3 Å². The maximum absolute atomic E-state index is 12.8. The molecule has 0 aromatic heterocycles. The summed E-state index contributed by atoms with van der Waals surface area (Å²) in [5.74, 6) is -1.58. The standard InChI is InChI=1S/C21H27N3O7S.ClH/c1-5-29-20(28)31-11(2)30-19(27)15-21(3,4)32-18-14(17(26)24(15)18)23-16(25)13(22)12-9-7-6-8-10-12;/h6-11,13-15,18H,5,22H2,1-4H3,(H,23,25);1H/p-1/t11?,13-,14-,15+,18-;/m1./s1. The van der Waals surface area contributed by atoms with Gasteiger partial charge in [0.05, 0.1) is 6.61 Å². The number of β-lactam (4-membered cyclic amide) rings is 1. The first-order valence-corrected chi connectivity index (χ1v) is 11.1. The van der Waals surface area contributed by atoms with E-state index in [1.54, 1.807) is 45.0 Å². The molecule has 0 radical (unpaired) electrons. The highest BCUT2D eigenvalue weighted by Gasteiger charge is 2.64. The van der Waals surface area contributed by atoms with E-state index in [4.69, 9.17) is 15.2 Å². The number of hydrogen-bond donors (Lipinski definition) is 2. The molecule has 2 heterocycles. The summed E-state index contributed by atoms with van der Waals surface area (Å²) in [4.78, 5) is 51.0. The number of carbonyl (C=O) groups excluding carboxylic acids is 4. The SMILES string of the molecule is CCOC(=O)OC(C)OC(=O)[C@@H]1N2C(=O)[C@@H](NC(=O)[C@H](N)c3ccccc3)[C@H]2SC1(C)C.[Cl-]. The van der Waals surface area contributed by atoms with Crippen molar-refractivity contribution in [3.63, 3.8) is 0 Å². The molecule has 0 bridgehead atoms. The zero-order chi connectivity index (χ0) is 23.6. The number of thioether (sulfide) groups is 1. The number of halogens is 1. The average Bonchev–Trinajstić information content (AvgIpc) is 2.99. The van der Waals surface area contributed by atoms with Crippen LogP contribution in [0.4, 0.5) is 4.79 Å². The van der Waals surface area contributed by atoms with Crippen molar-refractivity contribution in [3.05, 3.63) is 35.9 Å². The van der Waals surface area contributed by atoms with Crippen molar-refractivity contribution >= 4 is 35.7 Å². The van der Waals surface area contributed by atoms with E-state index in [1.807, 2.05) is 6.07 Å². The minimum atomic E-state index is -1.18. The number of carbonyl (C=O) groups is 4. The molecule has 2 fully saturated rings. The van der Waals surface area contributed by atoms with E-state index in [1.165, 1.54) is 23.6 Å². The predicted octanol–water partition coefficient (Wildman–Crippen LogP) is -1.70. The molecule has 2 amide bonds. The number of rotatable bonds is 7. The van der Waals surface area contributed by atoms with Crippen LogP contribution >= 0.6 is 11.8 Å². The van der Waals surface area contributed by atoms with Crippen LogP contribution in [0.2, 0.25) is 0 Å². The average molecular weight is 501 g/mol. The van der Waals surface area contributed by atoms with Gasteiger partial charge in [0.1, 0.15) is 23.5 Å². The Morgan fingerprint density at radius 2 is 1.85 bits per heavy atom. The molecule has 2 aliphatic rings. The van der Waals surface area contributed by atoms with E-state index in [2.05, 4.69) is 10.1 Å². The second-order valence-corrected chi connectivity index (χ2v) is 9.71. The van der Waals surface area contributed by atoms with Crippen molar-refractivity contribution < 1.29 is 45.8 Å². The van der Waals surface area contributed by atoms with Gasteiger partial charge in [0.15, 0.2) is 0 Å². The molecular weight excluding hydrogens is 474 g/mol. The Bertz CT molecular complexity index is 901. The first-order chi connectivity index (χ1) is 15.1. The number of nitrogens with zero attached hydrogens (tertiary/aromatic N) is 1. The molecule has 2 aliphatic heterocycles. The van der Waals surface area contributed by atoms with Crippen molar-refractivity contribution in [2.45, 2.75) is 62.2 Å². The van der Waals surface area contributed by atoms with Crippen LogP contribution in [0.25, 0.3) is 0 Å². The number of ether oxygens (including phenoxy) is 3. The molecular formula is C21H27ClN3O7S-. The number of esters is 1. The molecule has 1 aromatic carbocycles. The van der Waals surface area contributed by atoms with Crippen molar-refractivity contribution in [2.75, 3.05) is 6.61 Å². The molecule has 1 unspecified atom stereocenters. The van der Waals surface area contributed by atoms with Gasteiger partial charge in [-0.2, -0.15) is 0 Å². The lowest BCUT2D eigenvalue weighted by atomic mass is 9.95. The fourth-order valence-corrected chi connectivity index (χ4v) is 5.34. The summed E-state index contributed by atoms with van der Waals surface area (Å²) in [7, 11) is 0. The van der Waals surface area contributed by atoms with Gasteiger partial charge in [0, 0.05) is 11.7 Å². The van der Waals surface area contributed by atoms with Gasteiger partial charge >= 0.3 is 12.1 Å². The van der Waals surface area contributed by atoms with Crippen LogP contribution in [0.3, 0.4) is 0 Å². The third-order valence-electron chi connectivity index (χ3n) is 5.21. The third-order valence-corrected chi connectivity index (χ3v) is 6.78. The Hall–Kier alpha value is -2.50. The zero-order valence-corrected chi connectivity index (χ0v) is 20.2. The number of fused-ring (bicyclic) bond motifs is 1. The molecule has 0 spiro atoms. The van der Waals surface area contributed by atoms with E-state index < -0.39 is 58.5 Å². The molecule has 2 saturated heterocycles. The van der Waals surface area contributed by atoms with Gasteiger partial charge in [-0.25, -0.2) is 9.59 Å². The van der Waals surface area contributed by atoms with Gasteiger partial charge in [0.2, 0.25) is 18.1 Å². The lowest BCUT2D eigenvalue weighted by molar-refractivity contribution is -0.180. The van der Waals surface area contributed by atoms with Gasteiger partial charge in [-0.3, -0.25) is 9.59 Å². The zero-order valence-electron chi connectivity index (χ0n) is 18.6. The van der Waals surface area contributed by atoms with Gasteiger partial charge < -0.3 is 42.6 Å². The van der Waals surface area contributed by atoms with Crippen molar-refractivity contribution in [3.8, 4) is 0 Å². The van der Waals surface area contributed by atoms with Gasteiger partial charge in [-0.1, -0.05) is 30.3 Å². The lowest BCUT2D eigenvalue weighted by Gasteiger charge is -2.44. The largest absolute Gasteiger partial charge is 1.00 e. The van der Waals surface area contributed by atoms with Gasteiger partial charge in [-0.05, 0) is 26.3 Å². The van der Waals surface area contributed by atoms with Crippen LogP contribution in [-0.4, -0.2) is 63.9 Å². The number of amides is 2. The molecule has 1 aromatic rings. The topological polar surface area (TPSA) is 137 Å². The summed E-state index contributed by atoms with van der Waals surface area (Å²) >= 11 is 1.38. The maximum atomic E-state index is 12.8. The highest BCUT2D eigenvalue weighted by molar-refractivity contribution is 8.01. The van der Waals surface area contributed by atoms with Crippen molar-refractivity contribution in [1.82, 2.24) is 10.2 Å². The lowest BCUT2D eigenvalue weighted by Crippen LogP contribution is -3.00. The highest BCUT2D eigenvalue weighted by Crippen LogP contribution is 2.51. The Labute approximate surface area is 202 Å².